The first-order valence-corrected chi connectivity index (χ1v) is 11.1. The van der Waals surface area contributed by atoms with Crippen molar-refractivity contribution in [3.8, 4) is 11.4 Å². The average Bonchev–Trinajstić information content (AvgIpc) is 3.65. The number of hydrogen-bond donors (Lipinski definition) is 1. The Morgan fingerprint density at radius 2 is 1.81 bits per heavy atom. The summed E-state index contributed by atoms with van der Waals surface area (Å²) in [7, 11) is 0. The van der Waals surface area contributed by atoms with Gasteiger partial charge in [-0.1, -0.05) is 0 Å². The van der Waals surface area contributed by atoms with Crippen LogP contribution >= 0.6 is 0 Å². The number of hydrogen-bond acceptors (Lipinski definition) is 9. The van der Waals surface area contributed by atoms with E-state index in [1.807, 2.05) is 0 Å². The highest BCUT2D eigenvalue weighted by Gasteiger charge is 2.32. The van der Waals surface area contributed by atoms with Crippen molar-refractivity contribution in [2.45, 2.75) is 38.3 Å². The van der Waals surface area contributed by atoms with E-state index in [0.717, 1.165) is 32.2 Å². The van der Waals surface area contributed by atoms with Crippen LogP contribution in [0.1, 0.15) is 31.8 Å². The maximum absolute atomic E-state index is 13.4. The van der Waals surface area contributed by atoms with Gasteiger partial charge in [-0.05, 0) is 25.8 Å². The van der Waals surface area contributed by atoms with Crippen LogP contribution in [0, 0.1) is 0 Å². The van der Waals surface area contributed by atoms with Crippen LogP contribution in [-0.2, 0) is 4.74 Å². The third-order valence-electron chi connectivity index (χ3n) is 6.34. The number of nitrogens with two attached hydrogens (primary N) is 1. The monoisotopic (exact) mass is 446 g/mol. The van der Waals surface area contributed by atoms with E-state index >= 15 is 0 Å². The molecule has 11 heteroatoms. The Bertz CT molecular complexity index is 965. The maximum atomic E-state index is 13.4. The number of anilines is 3. The molecule has 1 atom stereocenters. The van der Waals surface area contributed by atoms with Crippen molar-refractivity contribution in [1.82, 2.24) is 24.8 Å². The highest BCUT2D eigenvalue weighted by atomic mass is 19.3. The van der Waals surface area contributed by atoms with E-state index in [1.54, 1.807) is 0 Å². The molecular formula is C21H28F2N8O. The first-order valence-electron chi connectivity index (χ1n) is 11.1. The van der Waals surface area contributed by atoms with E-state index in [9.17, 15) is 8.78 Å². The normalized spacial score (nSPS) is 22.6. The van der Waals surface area contributed by atoms with Crippen LogP contribution < -0.4 is 15.5 Å². The molecule has 2 aliphatic heterocycles. The number of rotatable bonds is 5. The van der Waals surface area contributed by atoms with Gasteiger partial charge in [0, 0.05) is 50.5 Å². The summed E-state index contributed by atoms with van der Waals surface area (Å²) in [6.45, 7) is 7.44. The van der Waals surface area contributed by atoms with E-state index in [0.29, 0.717) is 43.0 Å². The lowest BCUT2D eigenvalue weighted by molar-refractivity contribution is 0.0981. The zero-order valence-corrected chi connectivity index (χ0v) is 18.1. The highest BCUT2D eigenvalue weighted by molar-refractivity contribution is 5.61. The van der Waals surface area contributed by atoms with E-state index in [-0.39, 0.29) is 17.4 Å². The Morgan fingerprint density at radius 3 is 2.50 bits per heavy atom. The number of nitrogen functional groups attached to an aromatic ring is 1. The van der Waals surface area contributed by atoms with Gasteiger partial charge in [-0.3, -0.25) is 4.90 Å². The third-order valence-corrected chi connectivity index (χ3v) is 6.34. The Kier molecular flexibility index (Phi) is 5.76. The molecule has 5 rings (SSSR count). The van der Waals surface area contributed by atoms with Gasteiger partial charge < -0.3 is 20.3 Å². The molecule has 0 radical (unpaired) electrons. The van der Waals surface area contributed by atoms with Gasteiger partial charge >= 0.3 is 0 Å². The molecular weight excluding hydrogens is 418 g/mol. The van der Waals surface area contributed by atoms with Gasteiger partial charge in [0.1, 0.15) is 5.82 Å². The van der Waals surface area contributed by atoms with Gasteiger partial charge in [-0.25, -0.2) is 13.8 Å². The Hall–Kier alpha value is -2.66. The molecule has 4 heterocycles. The predicted octanol–water partition coefficient (Wildman–Crippen LogP) is 1.96. The third kappa shape index (κ3) is 4.31. The minimum atomic E-state index is -2.72. The first kappa shape index (κ1) is 21.2. The van der Waals surface area contributed by atoms with E-state index in [4.69, 9.17) is 15.5 Å². The summed E-state index contributed by atoms with van der Waals surface area (Å²) in [6.07, 6.45) is 1.28. The summed E-state index contributed by atoms with van der Waals surface area (Å²) >= 11 is 0. The molecule has 2 saturated heterocycles. The van der Waals surface area contributed by atoms with Crippen LogP contribution in [0.3, 0.4) is 0 Å². The molecule has 0 bridgehead atoms. The number of aromatic nitrogens is 4. The molecule has 0 unspecified atom stereocenters. The standard InChI is InChI=1S/C21H28F2N8O/c1-13-12-32-9-8-31(13)21-27-19(14-10-16(17(22)23)18(24)25-11-14)26-20(28-21)30-6-4-29(5-7-30)15-2-3-15/h10-11,13,15,17H,2-9,12H2,1H3,(H2,24,25)/t13-/m1/s1. The second kappa shape index (κ2) is 8.70. The van der Waals surface area contributed by atoms with Crippen LogP contribution in [0.4, 0.5) is 26.5 Å². The molecule has 0 aromatic carbocycles. The first-order chi connectivity index (χ1) is 15.5. The lowest BCUT2D eigenvalue weighted by atomic mass is 10.2. The van der Waals surface area contributed by atoms with Crippen LogP contribution in [0.5, 0.6) is 0 Å². The van der Waals surface area contributed by atoms with Crippen molar-refractivity contribution in [3.63, 3.8) is 0 Å². The minimum Gasteiger partial charge on any atom is -0.383 e. The predicted molar refractivity (Wildman–Crippen MR) is 117 cm³/mol. The zero-order chi connectivity index (χ0) is 22.2. The molecule has 2 aromatic rings. The molecule has 2 aromatic heterocycles. The van der Waals surface area contributed by atoms with Crippen LogP contribution in [-0.4, -0.2) is 82.9 Å². The van der Waals surface area contributed by atoms with E-state index < -0.39 is 6.43 Å². The molecule has 9 nitrogen and oxygen atoms in total. The molecule has 172 valence electrons. The molecule has 0 amide bonds. The van der Waals surface area contributed by atoms with Crippen LogP contribution in [0.2, 0.25) is 0 Å². The fourth-order valence-corrected chi connectivity index (χ4v) is 4.29. The maximum Gasteiger partial charge on any atom is 0.267 e. The summed E-state index contributed by atoms with van der Waals surface area (Å²) in [4.78, 5) is 24.8. The van der Waals surface area contributed by atoms with E-state index in [2.05, 4.69) is 36.6 Å². The average molecular weight is 447 g/mol. The van der Waals surface area contributed by atoms with Gasteiger partial charge in [0.2, 0.25) is 11.9 Å². The van der Waals surface area contributed by atoms with Crippen LogP contribution in [0.25, 0.3) is 11.4 Å². The second-order valence-electron chi connectivity index (χ2n) is 8.63. The fourth-order valence-electron chi connectivity index (χ4n) is 4.29. The number of piperazine rings is 1. The summed E-state index contributed by atoms with van der Waals surface area (Å²) in [5, 5.41) is 0. The lowest BCUT2D eigenvalue weighted by Gasteiger charge is -2.36. The SMILES string of the molecule is C[C@@H]1COCCN1c1nc(-c2cnc(N)c(C(F)F)c2)nc(N2CCN(C3CC3)CC2)n1. The lowest BCUT2D eigenvalue weighted by Crippen LogP contribution is -2.48. The summed E-state index contributed by atoms with van der Waals surface area (Å²) in [5.41, 5.74) is 5.73. The number of morpholine rings is 1. The number of halogens is 2. The highest BCUT2D eigenvalue weighted by Crippen LogP contribution is 2.31. The summed E-state index contributed by atoms with van der Waals surface area (Å²) < 4.78 is 32.4. The number of ether oxygens (including phenoxy) is 1. The van der Waals surface area contributed by atoms with Gasteiger partial charge in [-0.2, -0.15) is 15.0 Å². The smallest absolute Gasteiger partial charge is 0.267 e. The van der Waals surface area contributed by atoms with Crippen molar-refractivity contribution in [2.24, 2.45) is 0 Å². The van der Waals surface area contributed by atoms with Crippen LogP contribution in [0.15, 0.2) is 12.3 Å². The number of pyridine rings is 1. The van der Waals surface area contributed by atoms with Gasteiger partial charge in [-0.15, -0.1) is 0 Å². The number of alkyl halides is 2. The summed E-state index contributed by atoms with van der Waals surface area (Å²) in [6, 6.07) is 2.15. The Labute approximate surface area is 185 Å². The summed E-state index contributed by atoms with van der Waals surface area (Å²) in [5.74, 6) is 1.23. The Morgan fingerprint density at radius 1 is 1.06 bits per heavy atom. The fraction of sp³-hybridized carbons (Fsp3) is 0.619. The second-order valence-corrected chi connectivity index (χ2v) is 8.63. The molecule has 1 aliphatic carbocycles. The van der Waals surface area contributed by atoms with E-state index in [1.165, 1.54) is 25.1 Å². The quantitative estimate of drug-likeness (QED) is 0.739. The van der Waals surface area contributed by atoms with Gasteiger partial charge in [0.25, 0.3) is 6.43 Å². The molecule has 1 saturated carbocycles. The van der Waals surface area contributed by atoms with Crippen molar-refractivity contribution in [2.75, 3.05) is 61.5 Å². The molecule has 0 spiro atoms. The largest absolute Gasteiger partial charge is 0.383 e. The topological polar surface area (TPSA) is 96.5 Å². The molecule has 32 heavy (non-hydrogen) atoms. The van der Waals surface area contributed by atoms with Crippen molar-refractivity contribution in [3.05, 3.63) is 17.8 Å². The van der Waals surface area contributed by atoms with Gasteiger partial charge in [0.15, 0.2) is 5.82 Å². The Balaban J connectivity index is 1.50. The van der Waals surface area contributed by atoms with Crippen molar-refractivity contribution < 1.29 is 13.5 Å². The van der Waals surface area contributed by atoms with Crippen molar-refractivity contribution in [1.29, 1.82) is 0 Å². The number of nitrogens with zero attached hydrogens (tertiary/aromatic N) is 7. The zero-order valence-electron chi connectivity index (χ0n) is 18.1. The van der Waals surface area contributed by atoms with Crippen molar-refractivity contribution >= 4 is 17.7 Å². The van der Waals surface area contributed by atoms with Gasteiger partial charge in [0.05, 0.1) is 24.8 Å². The molecule has 3 aliphatic rings. The minimum absolute atomic E-state index is 0.0970. The molecule has 2 N–H and O–H groups in total. The molecule has 3 fully saturated rings.